The zero-order valence-corrected chi connectivity index (χ0v) is 8.61. The van der Waals surface area contributed by atoms with Crippen LogP contribution in [-0.2, 0) is 9.47 Å². The van der Waals surface area contributed by atoms with Crippen LogP contribution in [0.5, 0.6) is 0 Å². The van der Waals surface area contributed by atoms with Gasteiger partial charge >= 0.3 is 0 Å². The third kappa shape index (κ3) is 5.41. The maximum atomic E-state index is 12.6. The van der Waals surface area contributed by atoms with Gasteiger partial charge in [-0.3, -0.25) is 0 Å². The average Bonchev–Trinajstić information content (AvgIpc) is 2.45. The summed E-state index contributed by atoms with van der Waals surface area (Å²) in [7, 11) is 1.63. The lowest BCUT2D eigenvalue weighted by molar-refractivity contribution is 0.0606. The number of alkyl halides is 1. The van der Waals surface area contributed by atoms with Crippen LogP contribution >= 0.6 is 12.4 Å². The smallest absolute Gasteiger partial charge is 0.114 e. The largest absolute Gasteiger partial charge is 0.382 e. The summed E-state index contributed by atoms with van der Waals surface area (Å²) < 4.78 is 22.7. The number of nitrogens with one attached hydrogen (secondary N) is 1. The Hall–Kier alpha value is 0.1000. The van der Waals surface area contributed by atoms with Gasteiger partial charge in [-0.25, -0.2) is 4.39 Å². The van der Waals surface area contributed by atoms with Gasteiger partial charge in [-0.05, 0) is 6.42 Å². The molecule has 0 aromatic heterocycles. The molecule has 1 N–H and O–H groups in total. The van der Waals surface area contributed by atoms with Crippen LogP contribution in [0.3, 0.4) is 0 Å². The highest BCUT2D eigenvalue weighted by molar-refractivity contribution is 5.85. The minimum atomic E-state index is -0.693. The first-order chi connectivity index (χ1) is 5.83. The summed E-state index contributed by atoms with van der Waals surface area (Å²) in [5, 5.41) is 3.04. The Morgan fingerprint density at radius 2 is 2.23 bits per heavy atom. The van der Waals surface area contributed by atoms with Crippen molar-refractivity contribution in [3.8, 4) is 0 Å². The van der Waals surface area contributed by atoms with Crippen LogP contribution in [0.25, 0.3) is 0 Å². The SMILES string of the molecule is COCCOC[C@@H]1C[C@H](F)CN1.Cl. The second-order valence-electron chi connectivity index (χ2n) is 3.01. The zero-order chi connectivity index (χ0) is 8.81. The first-order valence-corrected chi connectivity index (χ1v) is 4.27. The number of hydrogen-bond donors (Lipinski definition) is 1. The predicted octanol–water partition coefficient (Wildman–Crippen LogP) is 0.771. The summed E-state index contributed by atoms with van der Waals surface area (Å²) >= 11 is 0. The van der Waals surface area contributed by atoms with E-state index < -0.39 is 6.17 Å². The van der Waals surface area contributed by atoms with Crippen LogP contribution in [0.4, 0.5) is 4.39 Å². The maximum Gasteiger partial charge on any atom is 0.114 e. The summed E-state index contributed by atoms with van der Waals surface area (Å²) in [4.78, 5) is 0. The fraction of sp³-hybridized carbons (Fsp3) is 1.00. The van der Waals surface area contributed by atoms with Crippen LogP contribution in [0.2, 0.25) is 0 Å². The van der Waals surface area contributed by atoms with Gasteiger partial charge in [0, 0.05) is 19.7 Å². The fourth-order valence-corrected chi connectivity index (χ4v) is 1.26. The zero-order valence-electron chi connectivity index (χ0n) is 7.79. The molecule has 1 aliphatic heterocycles. The van der Waals surface area contributed by atoms with Crippen LogP contribution < -0.4 is 5.32 Å². The molecule has 0 unspecified atom stereocenters. The molecule has 1 rings (SSSR count). The lowest BCUT2D eigenvalue weighted by atomic mass is 10.2. The Morgan fingerprint density at radius 1 is 1.46 bits per heavy atom. The minimum Gasteiger partial charge on any atom is -0.382 e. The number of halogens is 2. The molecule has 0 saturated carbocycles. The van der Waals surface area contributed by atoms with E-state index in [2.05, 4.69) is 5.32 Å². The predicted molar refractivity (Wildman–Crippen MR) is 51.2 cm³/mol. The van der Waals surface area contributed by atoms with Gasteiger partial charge in [0.05, 0.1) is 19.8 Å². The van der Waals surface area contributed by atoms with Crippen molar-refractivity contribution in [2.24, 2.45) is 0 Å². The maximum absolute atomic E-state index is 12.6. The van der Waals surface area contributed by atoms with E-state index in [1.54, 1.807) is 7.11 Å². The van der Waals surface area contributed by atoms with Gasteiger partial charge in [0.1, 0.15) is 6.17 Å². The molecule has 0 amide bonds. The monoisotopic (exact) mass is 213 g/mol. The quantitative estimate of drug-likeness (QED) is 0.685. The van der Waals surface area contributed by atoms with Crippen molar-refractivity contribution in [1.29, 1.82) is 0 Å². The Balaban J connectivity index is 0.00000144. The molecular weight excluding hydrogens is 197 g/mol. The normalized spacial score (nSPS) is 27.2. The molecule has 1 saturated heterocycles. The molecule has 0 spiro atoms. The van der Waals surface area contributed by atoms with Crippen molar-refractivity contribution in [2.75, 3.05) is 33.5 Å². The molecule has 0 aliphatic carbocycles. The lowest BCUT2D eigenvalue weighted by Gasteiger charge is -2.09. The van der Waals surface area contributed by atoms with Crippen LogP contribution in [0.15, 0.2) is 0 Å². The Kier molecular flexibility index (Phi) is 7.56. The summed E-state index contributed by atoms with van der Waals surface area (Å²) in [6.07, 6.45) is -0.117. The highest BCUT2D eigenvalue weighted by Crippen LogP contribution is 2.09. The van der Waals surface area contributed by atoms with E-state index in [0.717, 1.165) is 0 Å². The van der Waals surface area contributed by atoms with E-state index >= 15 is 0 Å². The van der Waals surface area contributed by atoms with Crippen LogP contribution in [0.1, 0.15) is 6.42 Å². The number of rotatable bonds is 5. The molecule has 0 bridgehead atoms. The van der Waals surface area contributed by atoms with Crippen molar-refractivity contribution < 1.29 is 13.9 Å². The lowest BCUT2D eigenvalue weighted by Crippen LogP contribution is -2.27. The van der Waals surface area contributed by atoms with E-state index in [9.17, 15) is 4.39 Å². The van der Waals surface area contributed by atoms with E-state index in [4.69, 9.17) is 9.47 Å². The number of methoxy groups -OCH3 is 1. The van der Waals surface area contributed by atoms with Gasteiger partial charge in [-0.15, -0.1) is 12.4 Å². The summed E-state index contributed by atoms with van der Waals surface area (Å²) in [5.74, 6) is 0. The van der Waals surface area contributed by atoms with E-state index in [1.165, 1.54) is 0 Å². The molecule has 80 valence electrons. The number of ether oxygens (including phenoxy) is 2. The van der Waals surface area contributed by atoms with Gasteiger partial charge in [0.25, 0.3) is 0 Å². The third-order valence-corrected chi connectivity index (χ3v) is 1.92. The summed E-state index contributed by atoms with van der Waals surface area (Å²) in [5.41, 5.74) is 0. The Morgan fingerprint density at radius 3 is 2.77 bits per heavy atom. The molecule has 13 heavy (non-hydrogen) atoms. The Labute approximate surface area is 84.4 Å². The molecule has 5 heteroatoms. The molecule has 0 aromatic carbocycles. The molecule has 1 fully saturated rings. The van der Waals surface area contributed by atoms with Crippen molar-refractivity contribution in [3.63, 3.8) is 0 Å². The molecular formula is C8H17ClFNO2. The first-order valence-electron chi connectivity index (χ1n) is 4.27. The fourth-order valence-electron chi connectivity index (χ4n) is 1.26. The molecule has 0 radical (unpaired) electrons. The van der Waals surface area contributed by atoms with Crippen molar-refractivity contribution in [2.45, 2.75) is 18.6 Å². The van der Waals surface area contributed by atoms with Crippen molar-refractivity contribution in [1.82, 2.24) is 5.32 Å². The number of hydrogen-bond acceptors (Lipinski definition) is 3. The van der Waals surface area contributed by atoms with Gasteiger partial charge in [0.2, 0.25) is 0 Å². The highest BCUT2D eigenvalue weighted by Gasteiger charge is 2.22. The Bertz CT molecular complexity index is 129. The van der Waals surface area contributed by atoms with Gasteiger partial charge < -0.3 is 14.8 Å². The third-order valence-electron chi connectivity index (χ3n) is 1.92. The standard InChI is InChI=1S/C8H16FNO2.ClH/c1-11-2-3-12-6-8-4-7(9)5-10-8;/h7-8,10H,2-6H2,1H3;1H/t7-,8-;/m0./s1. The summed E-state index contributed by atoms with van der Waals surface area (Å²) in [6, 6.07) is 0.192. The molecule has 1 aliphatic rings. The second kappa shape index (κ2) is 7.50. The van der Waals surface area contributed by atoms with Crippen molar-refractivity contribution in [3.05, 3.63) is 0 Å². The molecule has 0 aromatic rings. The average molecular weight is 214 g/mol. The molecule has 3 nitrogen and oxygen atoms in total. The first kappa shape index (κ1) is 13.1. The summed E-state index contributed by atoms with van der Waals surface area (Å²) in [6.45, 7) is 2.25. The minimum absolute atomic E-state index is 0. The molecule has 2 atom stereocenters. The van der Waals surface area contributed by atoms with Crippen LogP contribution in [-0.4, -0.2) is 45.7 Å². The van der Waals surface area contributed by atoms with Crippen molar-refractivity contribution >= 4 is 12.4 Å². The van der Waals surface area contributed by atoms with Crippen LogP contribution in [0, 0.1) is 0 Å². The van der Waals surface area contributed by atoms with E-state index in [-0.39, 0.29) is 18.4 Å². The van der Waals surface area contributed by atoms with E-state index in [0.29, 0.717) is 32.8 Å². The van der Waals surface area contributed by atoms with E-state index in [1.807, 2.05) is 0 Å². The second-order valence-corrected chi connectivity index (χ2v) is 3.01. The topological polar surface area (TPSA) is 30.5 Å². The highest BCUT2D eigenvalue weighted by atomic mass is 35.5. The van der Waals surface area contributed by atoms with Gasteiger partial charge in [-0.2, -0.15) is 0 Å². The van der Waals surface area contributed by atoms with Gasteiger partial charge in [0.15, 0.2) is 0 Å². The van der Waals surface area contributed by atoms with Gasteiger partial charge in [-0.1, -0.05) is 0 Å². The molecule has 1 heterocycles.